The minimum absolute atomic E-state index is 0.0255. The van der Waals surface area contributed by atoms with E-state index in [2.05, 4.69) is 145 Å². The Balaban J connectivity index is 0.916. The highest BCUT2D eigenvalue weighted by Crippen LogP contribution is 2.58. The van der Waals surface area contributed by atoms with Crippen LogP contribution in [0.1, 0.15) is 48.8 Å². The van der Waals surface area contributed by atoms with Gasteiger partial charge in [0.15, 0.2) is 17.5 Å². The maximum absolute atomic E-state index is 9.91. The van der Waals surface area contributed by atoms with E-state index in [9.17, 15) is 5.26 Å². The van der Waals surface area contributed by atoms with Gasteiger partial charge in [0.25, 0.3) is 0 Å². The van der Waals surface area contributed by atoms with Crippen molar-refractivity contribution in [3.05, 3.63) is 205 Å². The molecule has 0 bridgehead atoms. The molecule has 1 fully saturated rings. The molecule has 0 saturated heterocycles. The average molecular weight is 796 g/mol. The largest absolute Gasteiger partial charge is 0.264 e. The quantitative estimate of drug-likeness (QED) is 0.161. The molecule has 9 aromatic rings. The van der Waals surface area contributed by atoms with E-state index < -0.39 is 0 Å². The molecule has 2 aromatic heterocycles. The van der Waals surface area contributed by atoms with E-state index in [1.807, 2.05) is 48.7 Å². The fraction of sp³-hybridized carbons (Fsp3) is 0.105. The molecule has 0 N–H and O–H groups in total. The molecule has 0 amide bonds. The smallest absolute Gasteiger partial charge is 0.164 e. The average Bonchev–Trinajstić information content (AvgIpc) is 3.62. The molecule has 2 heterocycles. The number of pyridine rings is 1. The molecule has 11 rings (SSSR count). The fourth-order valence-corrected chi connectivity index (χ4v) is 9.81. The number of fused-ring (bicyclic) bond motifs is 5. The summed E-state index contributed by atoms with van der Waals surface area (Å²) in [5, 5.41) is 9.91. The maximum atomic E-state index is 9.91. The lowest BCUT2D eigenvalue weighted by atomic mass is 9.67. The van der Waals surface area contributed by atoms with Crippen molar-refractivity contribution in [2.24, 2.45) is 0 Å². The summed E-state index contributed by atoms with van der Waals surface area (Å²) >= 11 is 0. The Bertz CT molecular complexity index is 3140. The van der Waals surface area contributed by atoms with E-state index in [-0.39, 0.29) is 5.41 Å². The van der Waals surface area contributed by atoms with Crippen molar-refractivity contribution < 1.29 is 0 Å². The van der Waals surface area contributed by atoms with E-state index in [1.54, 1.807) is 6.20 Å². The van der Waals surface area contributed by atoms with Gasteiger partial charge in [0.05, 0.1) is 11.6 Å². The second-order valence-electron chi connectivity index (χ2n) is 16.5. The van der Waals surface area contributed by atoms with Crippen LogP contribution in [-0.2, 0) is 5.41 Å². The Morgan fingerprint density at radius 3 is 1.56 bits per heavy atom. The minimum Gasteiger partial charge on any atom is -0.264 e. The highest BCUT2D eigenvalue weighted by atomic mass is 15.0. The summed E-state index contributed by atoms with van der Waals surface area (Å²) in [5.74, 6) is 1.87. The van der Waals surface area contributed by atoms with Crippen molar-refractivity contribution in [3.8, 4) is 95.9 Å². The standard InChI is InChI=1S/C57H41N5/c58-36-38-20-29-51-50(33-38)53-49(18-9-19-52(53)57(51)30-5-2-6-31-57)47-16-8-15-46(35-47)45-14-7-13-44(34-45)39-21-25-42(26-22-39)55-60-54(41-11-3-1-4-12-41)61-56(62-55)43-27-23-40(24-28-43)48-17-10-32-59-37-48/h1,3-4,7-29,32-35,37H,2,5-6,30-31H2. The first-order chi connectivity index (χ1) is 30.6. The summed E-state index contributed by atoms with van der Waals surface area (Å²) in [6, 6.07) is 64.2. The van der Waals surface area contributed by atoms with E-state index >= 15 is 0 Å². The zero-order chi connectivity index (χ0) is 41.5. The lowest BCUT2D eigenvalue weighted by molar-refractivity contribution is 0.353. The Labute approximate surface area is 362 Å². The molecule has 1 spiro atoms. The second kappa shape index (κ2) is 15.7. The van der Waals surface area contributed by atoms with Gasteiger partial charge in [-0.25, -0.2) is 15.0 Å². The van der Waals surface area contributed by atoms with E-state index in [4.69, 9.17) is 15.0 Å². The van der Waals surface area contributed by atoms with E-state index in [0.29, 0.717) is 23.0 Å². The molecule has 62 heavy (non-hydrogen) atoms. The van der Waals surface area contributed by atoms with Gasteiger partial charge in [0, 0.05) is 34.5 Å². The van der Waals surface area contributed by atoms with Gasteiger partial charge in [-0.2, -0.15) is 5.26 Å². The third-order valence-electron chi connectivity index (χ3n) is 12.9. The molecule has 2 aliphatic rings. The van der Waals surface area contributed by atoms with Crippen molar-refractivity contribution >= 4 is 0 Å². The maximum Gasteiger partial charge on any atom is 0.164 e. The number of hydrogen-bond donors (Lipinski definition) is 0. The molecular formula is C57H41N5. The topological polar surface area (TPSA) is 75.3 Å². The van der Waals surface area contributed by atoms with Crippen molar-refractivity contribution in [1.29, 1.82) is 5.26 Å². The van der Waals surface area contributed by atoms with Crippen LogP contribution in [0.3, 0.4) is 0 Å². The summed E-state index contributed by atoms with van der Waals surface area (Å²) in [6.45, 7) is 0. The van der Waals surface area contributed by atoms with Crippen LogP contribution in [-0.4, -0.2) is 19.9 Å². The second-order valence-corrected chi connectivity index (χ2v) is 16.5. The summed E-state index contributed by atoms with van der Waals surface area (Å²) in [7, 11) is 0. The van der Waals surface area contributed by atoms with Crippen LogP contribution in [0.25, 0.3) is 89.8 Å². The van der Waals surface area contributed by atoms with Crippen LogP contribution in [0.15, 0.2) is 188 Å². The third-order valence-corrected chi connectivity index (χ3v) is 12.9. The highest BCUT2D eigenvalue weighted by molar-refractivity contribution is 5.94. The van der Waals surface area contributed by atoms with Crippen LogP contribution in [0.4, 0.5) is 0 Å². The molecule has 0 atom stereocenters. The number of nitriles is 1. The van der Waals surface area contributed by atoms with Crippen LogP contribution in [0, 0.1) is 11.3 Å². The zero-order valence-electron chi connectivity index (χ0n) is 34.2. The van der Waals surface area contributed by atoms with Gasteiger partial charge in [-0.1, -0.05) is 165 Å². The number of benzene rings is 7. The summed E-state index contributed by atoms with van der Waals surface area (Å²) in [6.07, 6.45) is 9.71. The summed E-state index contributed by atoms with van der Waals surface area (Å²) in [4.78, 5) is 19.2. The van der Waals surface area contributed by atoms with Gasteiger partial charge < -0.3 is 0 Å². The predicted octanol–water partition coefficient (Wildman–Crippen LogP) is 14.0. The zero-order valence-corrected chi connectivity index (χ0v) is 34.2. The Morgan fingerprint density at radius 1 is 0.403 bits per heavy atom. The SMILES string of the molecule is N#Cc1ccc2c(c1)-c1c(-c3cccc(-c4cccc(-c5ccc(-c6nc(-c7ccccc7)nc(-c7ccc(-c8cccnc8)cc7)n6)cc5)c4)c3)cccc1C21CCCCC1. The molecule has 0 radical (unpaired) electrons. The van der Waals surface area contributed by atoms with E-state index in [0.717, 1.165) is 62.9 Å². The van der Waals surface area contributed by atoms with E-state index in [1.165, 1.54) is 52.6 Å². The van der Waals surface area contributed by atoms with Gasteiger partial charge in [0.2, 0.25) is 0 Å². The van der Waals surface area contributed by atoms with Crippen LogP contribution in [0.2, 0.25) is 0 Å². The molecular weight excluding hydrogens is 755 g/mol. The molecule has 0 aliphatic heterocycles. The van der Waals surface area contributed by atoms with Gasteiger partial charge in [-0.15, -0.1) is 0 Å². The lowest BCUT2D eigenvalue weighted by Gasteiger charge is -2.36. The molecule has 0 unspecified atom stereocenters. The van der Waals surface area contributed by atoms with Gasteiger partial charge in [-0.3, -0.25) is 4.98 Å². The monoisotopic (exact) mass is 795 g/mol. The fourth-order valence-electron chi connectivity index (χ4n) is 9.81. The normalized spacial score (nSPS) is 13.6. The van der Waals surface area contributed by atoms with Crippen molar-refractivity contribution in [1.82, 2.24) is 19.9 Å². The molecule has 1 saturated carbocycles. The van der Waals surface area contributed by atoms with Crippen LogP contribution >= 0.6 is 0 Å². The minimum atomic E-state index is 0.0255. The lowest BCUT2D eigenvalue weighted by Crippen LogP contribution is -2.28. The molecule has 5 heteroatoms. The number of aromatic nitrogens is 4. The first kappa shape index (κ1) is 37.2. The summed E-state index contributed by atoms with van der Waals surface area (Å²) < 4.78 is 0. The van der Waals surface area contributed by atoms with Crippen molar-refractivity contribution in [3.63, 3.8) is 0 Å². The molecule has 2 aliphatic carbocycles. The molecule has 294 valence electrons. The van der Waals surface area contributed by atoms with Gasteiger partial charge >= 0.3 is 0 Å². The van der Waals surface area contributed by atoms with Crippen molar-refractivity contribution in [2.75, 3.05) is 0 Å². The Kier molecular flexibility index (Phi) is 9.40. The molecule has 7 aromatic carbocycles. The van der Waals surface area contributed by atoms with Crippen molar-refractivity contribution in [2.45, 2.75) is 37.5 Å². The van der Waals surface area contributed by atoms with Gasteiger partial charge in [0.1, 0.15) is 0 Å². The van der Waals surface area contributed by atoms with Crippen LogP contribution < -0.4 is 0 Å². The Hall–Kier alpha value is -7.81. The highest BCUT2D eigenvalue weighted by Gasteiger charge is 2.44. The first-order valence-corrected chi connectivity index (χ1v) is 21.5. The number of hydrogen-bond acceptors (Lipinski definition) is 5. The first-order valence-electron chi connectivity index (χ1n) is 21.5. The molecule has 5 nitrogen and oxygen atoms in total. The third kappa shape index (κ3) is 6.67. The summed E-state index contributed by atoms with van der Waals surface area (Å²) in [5.41, 5.74) is 18.0. The van der Waals surface area contributed by atoms with Gasteiger partial charge in [-0.05, 0) is 110 Å². The number of nitrogens with zero attached hydrogens (tertiary/aromatic N) is 5. The van der Waals surface area contributed by atoms with Crippen LogP contribution in [0.5, 0.6) is 0 Å². The Morgan fingerprint density at radius 2 is 0.935 bits per heavy atom. The number of rotatable bonds is 7. The predicted molar refractivity (Wildman–Crippen MR) is 250 cm³/mol.